The van der Waals surface area contributed by atoms with E-state index < -0.39 is 10.0 Å². The molecule has 0 aromatic heterocycles. The molecule has 2 rings (SSSR count). The lowest BCUT2D eigenvalue weighted by Crippen LogP contribution is -2.24. The fourth-order valence-electron chi connectivity index (χ4n) is 1.94. The molecule has 0 aliphatic rings. The monoisotopic (exact) mass is 306 g/mol. The predicted molar refractivity (Wildman–Crippen MR) is 82.0 cm³/mol. The van der Waals surface area contributed by atoms with E-state index >= 15 is 0 Å². The van der Waals surface area contributed by atoms with Crippen LogP contribution >= 0.6 is 0 Å². The topological polar surface area (TPSA) is 92.4 Å². The third-order valence-electron chi connectivity index (χ3n) is 3.29. The van der Waals surface area contributed by atoms with E-state index in [0.717, 1.165) is 11.1 Å². The largest absolute Gasteiger partial charge is 0.398 e. The second-order valence-corrected chi connectivity index (χ2v) is 6.50. The number of anilines is 1. The summed E-state index contributed by atoms with van der Waals surface area (Å²) in [7, 11) is -3.61. The Morgan fingerprint density at radius 1 is 1.10 bits per heavy atom. The second-order valence-electron chi connectivity index (χ2n) is 4.77. The predicted octanol–water partition coefficient (Wildman–Crippen LogP) is 1.55. The Bertz CT molecular complexity index is 725. The number of nitrogen functional groups attached to an aromatic ring is 1. The Morgan fingerprint density at radius 3 is 2.33 bits per heavy atom. The summed E-state index contributed by atoms with van der Waals surface area (Å²) in [6.45, 7) is 1.83. The minimum absolute atomic E-state index is 0.0332. The van der Waals surface area contributed by atoms with Gasteiger partial charge in [0.25, 0.3) is 0 Å². The molecule has 0 fully saturated rings. The number of benzene rings is 2. The smallest absolute Gasteiger partial charge is 0.241 e. The molecule has 0 aliphatic carbocycles. The molecule has 6 heteroatoms. The molecule has 5 nitrogen and oxygen atoms in total. The van der Waals surface area contributed by atoms with Gasteiger partial charge >= 0.3 is 0 Å². The molecule has 0 spiro atoms. The van der Waals surface area contributed by atoms with Crippen LogP contribution in [0.25, 0.3) is 0 Å². The molecule has 0 heterocycles. The molecule has 2 aromatic carbocycles. The molecule has 4 N–H and O–H groups in total. The maximum absolute atomic E-state index is 12.3. The lowest BCUT2D eigenvalue weighted by atomic mass is 10.1. The highest BCUT2D eigenvalue weighted by Crippen LogP contribution is 2.20. The number of nitrogens with two attached hydrogens (primary N) is 1. The van der Waals surface area contributed by atoms with Crippen LogP contribution in [-0.4, -0.2) is 13.5 Å². The first-order valence-corrected chi connectivity index (χ1v) is 7.96. The summed E-state index contributed by atoms with van der Waals surface area (Å²) in [4.78, 5) is 0.189. The Labute approximate surface area is 124 Å². The van der Waals surface area contributed by atoms with E-state index in [1.807, 2.05) is 0 Å². The lowest BCUT2D eigenvalue weighted by molar-refractivity contribution is 0.282. The molecule has 0 saturated carbocycles. The van der Waals surface area contributed by atoms with Crippen molar-refractivity contribution in [3.8, 4) is 0 Å². The van der Waals surface area contributed by atoms with Crippen LogP contribution < -0.4 is 10.5 Å². The van der Waals surface area contributed by atoms with Gasteiger partial charge in [-0.15, -0.1) is 0 Å². The third kappa shape index (κ3) is 3.60. The molecule has 0 aliphatic heterocycles. The van der Waals surface area contributed by atoms with Gasteiger partial charge in [-0.25, -0.2) is 13.1 Å². The molecule has 0 bridgehead atoms. The summed E-state index contributed by atoms with van der Waals surface area (Å²) in [5.41, 5.74) is 8.33. The van der Waals surface area contributed by atoms with Gasteiger partial charge in [0.05, 0.1) is 11.5 Å². The van der Waals surface area contributed by atoms with Crippen LogP contribution in [0.3, 0.4) is 0 Å². The zero-order valence-electron chi connectivity index (χ0n) is 11.7. The van der Waals surface area contributed by atoms with Gasteiger partial charge in [0, 0.05) is 12.2 Å². The highest BCUT2D eigenvalue weighted by molar-refractivity contribution is 7.89. The summed E-state index contributed by atoms with van der Waals surface area (Å²) in [5.74, 6) is 0. The minimum atomic E-state index is -3.61. The zero-order valence-corrected chi connectivity index (χ0v) is 12.5. The highest BCUT2D eigenvalue weighted by atomic mass is 32.2. The molecule has 0 atom stereocenters. The van der Waals surface area contributed by atoms with Crippen LogP contribution in [0, 0.1) is 6.92 Å². The van der Waals surface area contributed by atoms with Crippen LogP contribution in [0.1, 0.15) is 16.7 Å². The Kier molecular flexibility index (Phi) is 4.62. The summed E-state index contributed by atoms with van der Waals surface area (Å²) in [6, 6.07) is 11.9. The van der Waals surface area contributed by atoms with Gasteiger partial charge in [0.2, 0.25) is 10.0 Å². The Balaban J connectivity index is 2.15. The van der Waals surface area contributed by atoms with Crippen molar-refractivity contribution in [1.29, 1.82) is 0 Å². The zero-order chi connectivity index (χ0) is 15.5. The second kappa shape index (κ2) is 6.26. The quantitative estimate of drug-likeness (QED) is 0.731. The summed E-state index contributed by atoms with van der Waals surface area (Å²) in [6.07, 6.45) is 0. The van der Waals surface area contributed by atoms with E-state index in [2.05, 4.69) is 4.72 Å². The number of sulfonamides is 1. The van der Waals surface area contributed by atoms with Gasteiger partial charge in [-0.1, -0.05) is 30.3 Å². The molecule has 2 aromatic rings. The fraction of sp³-hybridized carbons (Fsp3) is 0.200. The van der Waals surface area contributed by atoms with Gasteiger partial charge in [-0.05, 0) is 35.7 Å². The van der Waals surface area contributed by atoms with Gasteiger partial charge in [-0.3, -0.25) is 0 Å². The molecule has 0 radical (unpaired) electrons. The van der Waals surface area contributed by atoms with Crippen LogP contribution in [0.15, 0.2) is 47.4 Å². The van der Waals surface area contributed by atoms with E-state index in [9.17, 15) is 8.42 Å². The number of aliphatic hydroxyl groups excluding tert-OH is 1. The lowest BCUT2D eigenvalue weighted by Gasteiger charge is -2.11. The molecular weight excluding hydrogens is 288 g/mol. The molecule has 21 heavy (non-hydrogen) atoms. The molecule has 112 valence electrons. The number of nitrogens with one attached hydrogen (secondary N) is 1. The van der Waals surface area contributed by atoms with Crippen LogP contribution in [-0.2, 0) is 23.2 Å². The van der Waals surface area contributed by atoms with Gasteiger partial charge in [0.15, 0.2) is 0 Å². The van der Waals surface area contributed by atoms with Gasteiger partial charge < -0.3 is 10.8 Å². The van der Waals surface area contributed by atoms with E-state index in [-0.39, 0.29) is 18.0 Å². The summed E-state index contributed by atoms with van der Waals surface area (Å²) >= 11 is 0. The highest BCUT2D eigenvalue weighted by Gasteiger charge is 2.17. The van der Waals surface area contributed by atoms with Crippen LogP contribution in [0.4, 0.5) is 5.69 Å². The van der Waals surface area contributed by atoms with Crippen molar-refractivity contribution in [3.63, 3.8) is 0 Å². The molecule has 0 unspecified atom stereocenters. The maximum Gasteiger partial charge on any atom is 0.241 e. The van der Waals surface area contributed by atoms with Crippen molar-refractivity contribution in [2.24, 2.45) is 0 Å². The van der Waals surface area contributed by atoms with Crippen molar-refractivity contribution >= 4 is 15.7 Å². The van der Waals surface area contributed by atoms with E-state index in [1.165, 1.54) is 6.07 Å². The molecule has 0 saturated heterocycles. The first-order valence-electron chi connectivity index (χ1n) is 6.47. The van der Waals surface area contributed by atoms with Crippen molar-refractivity contribution in [2.45, 2.75) is 25.0 Å². The fourth-order valence-corrected chi connectivity index (χ4v) is 3.23. The van der Waals surface area contributed by atoms with Crippen LogP contribution in [0.2, 0.25) is 0 Å². The van der Waals surface area contributed by atoms with Gasteiger partial charge in [0.1, 0.15) is 0 Å². The van der Waals surface area contributed by atoms with Crippen molar-refractivity contribution in [3.05, 3.63) is 59.2 Å². The molecule has 0 amide bonds. The first kappa shape index (κ1) is 15.5. The number of rotatable bonds is 5. The maximum atomic E-state index is 12.3. The number of hydrogen-bond donors (Lipinski definition) is 3. The molecular formula is C15H18N2O3S. The van der Waals surface area contributed by atoms with E-state index in [1.54, 1.807) is 43.3 Å². The Morgan fingerprint density at radius 2 is 1.71 bits per heavy atom. The van der Waals surface area contributed by atoms with Gasteiger partial charge in [-0.2, -0.15) is 0 Å². The minimum Gasteiger partial charge on any atom is -0.398 e. The average molecular weight is 306 g/mol. The van der Waals surface area contributed by atoms with Crippen LogP contribution in [0.5, 0.6) is 0 Å². The number of hydrogen-bond acceptors (Lipinski definition) is 4. The van der Waals surface area contributed by atoms with E-state index in [4.69, 9.17) is 10.8 Å². The Hall–Kier alpha value is -1.89. The summed E-state index contributed by atoms with van der Waals surface area (Å²) in [5, 5.41) is 8.97. The third-order valence-corrected chi connectivity index (χ3v) is 4.83. The number of aliphatic hydroxyl groups is 1. The SMILES string of the molecule is Cc1c(N)cccc1S(=O)(=O)NCc1ccc(CO)cc1. The average Bonchev–Trinajstić information content (AvgIpc) is 2.48. The van der Waals surface area contributed by atoms with Crippen molar-refractivity contribution in [2.75, 3.05) is 5.73 Å². The van der Waals surface area contributed by atoms with E-state index in [0.29, 0.717) is 11.3 Å². The normalized spacial score (nSPS) is 11.5. The van der Waals surface area contributed by atoms with Crippen molar-refractivity contribution < 1.29 is 13.5 Å². The first-order chi connectivity index (χ1) is 9.94. The summed E-state index contributed by atoms with van der Waals surface area (Å²) < 4.78 is 27.1. The standard InChI is InChI=1S/C15H18N2O3S/c1-11-14(16)3-2-4-15(11)21(19,20)17-9-12-5-7-13(10-18)8-6-12/h2-8,17-18H,9-10,16H2,1H3. The van der Waals surface area contributed by atoms with Crippen molar-refractivity contribution in [1.82, 2.24) is 4.72 Å².